The summed E-state index contributed by atoms with van der Waals surface area (Å²) in [5.41, 5.74) is 0.940. The van der Waals surface area contributed by atoms with Gasteiger partial charge in [-0.1, -0.05) is 18.2 Å². The molecule has 1 aliphatic rings. The van der Waals surface area contributed by atoms with Crippen LogP contribution in [0.3, 0.4) is 0 Å². The molecule has 20 heavy (non-hydrogen) atoms. The van der Waals surface area contributed by atoms with Gasteiger partial charge in [-0.05, 0) is 25.0 Å². The lowest BCUT2D eigenvalue weighted by molar-refractivity contribution is -0.305. The molecule has 0 spiro atoms. The van der Waals surface area contributed by atoms with Gasteiger partial charge in [0, 0.05) is 18.8 Å². The third kappa shape index (κ3) is 4.08. The van der Waals surface area contributed by atoms with Gasteiger partial charge in [-0.15, -0.1) is 5.10 Å². The number of nitrogens with zero attached hydrogens (tertiary/aromatic N) is 2. The SMILES string of the molecule is O=C([O-])CCCC(=O)OC1=NN(c2ccccc2)CC1. The van der Waals surface area contributed by atoms with Crippen LogP contribution in [0.5, 0.6) is 0 Å². The Morgan fingerprint density at radius 3 is 2.70 bits per heavy atom. The van der Waals surface area contributed by atoms with E-state index in [1.807, 2.05) is 30.3 Å². The van der Waals surface area contributed by atoms with E-state index in [1.165, 1.54) is 0 Å². The maximum Gasteiger partial charge on any atom is 0.312 e. The lowest BCUT2D eigenvalue weighted by Gasteiger charge is -2.11. The molecule has 0 amide bonds. The summed E-state index contributed by atoms with van der Waals surface area (Å²) in [6.07, 6.45) is 0.689. The number of aliphatic carboxylic acids is 1. The maximum atomic E-state index is 11.5. The smallest absolute Gasteiger partial charge is 0.312 e. The first-order chi connectivity index (χ1) is 9.65. The van der Waals surface area contributed by atoms with Crippen molar-refractivity contribution in [1.82, 2.24) is 0 Å². The highest BCUT2D eigenvalue weighted by atomic mass is 16.5. The number of hydrazone groups is 1. The van der Waals surface area contributed by atoms with E-state index in [0.717, 1.165) is 5.69 Å². The fourth-order valence-corrected chi connectivity index (χ4v) is 1.85. The molecule has 0 fully saturated rings. The summed E-state index contributed by atoms with van der Waals surface area (Å²) in [6, 6.07) is 9.59. The highest BCUT2D eigenvalue weighted by molar-refractivity contribution is 5.90. The number of benzene rings is 1. The lowest BCUT2D eigenvalue weighted by atomic mass is 10.2. The van der Waals surface area contributed by atoms with Crippen molar-refractivity contribution >= 4 is 23.5 Å². The normalized spacial score (nSPS) is 14.0. The molecule has 0 bridgehead atoms. The number of para-hydroxylation sites is 1. The second-order valence-electron chi connectivity index (χ2n) is 4.40. The Kier molecular flexibility index (Phi) is 4.70. The number of hydrogen-bond acceptors (Lipinski definition) is 6. The Balaban J connectivity index is 1.82. The number of rotatable bonds is 5. The minimum Gasteiger partial charge on any atom is -0.550 e. The molecule has 2 rings (SSSR count). The standard InChI is InChI=1S/C14H16N2O4/c17-13(18)7-4-8-14(19)20-12-9-10-16(15-12)11-5-2-1-3-6-11/h1-3,5-6H,4,7-10H2,(H,17,18)/p-1. The minimum absolute atomic E-state index is 0.0539. The van der Waals surface area contributed by atoms with Gasteiger partial charge in [0.1, 0.15) is 0 Å². The van der Waals surface area contributed by atoms with Crippen LogP contribution in [0.15, 0.2) is 35.4 Å². The van der Waals surface area contributed by atoms with E-state index in [2.05, 4.69) is 5.10 Å². The summed E-state index contributed by atoms with van der Waals surface area (Å²) in [6.45, 7) is 0.658. The van der Waals surface area contributed by atoms with Crippen molar-refractivity contribution in [3.8, 4) is 0 Å². The van der Waals surface area contributed by atoms with Gasteiger partial charge in [-0.2, -0.15) is 0 Å². The van der Waals surface area contributed by atoms with Crippen molar-refractivity contribution < 1.29 is 19.4 Å². The summed E-state index contributed by atoms with van der Waals surface area (Å²) in [4.78, 5) is 21.7. The number of hydrogen-bond donors (Lipinski definition) is 0. The monoisotopic (exact) mass is 275 g/mol. The molecule has 0 aliphatic carbocycles. The van der Waals surface area contributed by atoms with Crippen LogP contribution in [-0.4, -0.2) is 24.4 Å². The molecule has 0 aromatic heterocycles. The van der Waals surface area contributed by atoms with Crippen molar-refractivity contribution in [2.45, 2.75) is 25.7 Å². The van der Waals surface area contributed by atoms with Crippen LogP contribution in [0.4, 0.5) is 5.69 Å². The molecule has 0 atom stereocenters. The van der Waals surface area contributed by atoms with Crippen molar-refractivity contribution in [3.63, 3.8) is 0 Å². The highest BCUT2D eigenvalue weighted by Gasteiger charge is 2.19. The predicted molar refractivity (Wildman–Crippen MR) is 70.8 cm³/mol. The number of carboxylic acids is 1. The molecule has 0 unspecified atom stereocenters. The fourth-order valence-electron chi connectivity index (χ4n) is 1.85. The Morgan fingerprint density at radius 2 is 2.00 bits per heavy atom. The van der Waals surface area contributed by atoms with Crippen molar-refractivity contribution in [3.05, 3.63) is 30.3 Å². The zero-order chi connectivity index (χ0) is 14.4. The van der Waals surface area contributed by atoms with E-state index >= 15 is 0 Å². The quantitative estimate of drug-likeness (QED) is 0.738. The van der Waals surface area contributed by atoms with Gasteiger partial charge in [0.2, 0.25) is 5.90 Å². The molecule has 0 N–H and O–H groups in total. The van der Waals surface area contributed by atoms with E-state index < -0.39 is 11.9 Å². The van der Waals surface area contributed by atoms with E-state index in [4.69, 9.17) is 4.74 Å². The van der Waals surface area contributed by atoms with Crippen LogP contribution < -0.4 is 10.1 Å². The molecule has 1 aromatic rings. The summed E-state index contributed by atoms with van der Waals surface area (Å²) < 4.78 is 5.10. The van der Waals surface area contributed by atoms with Gasteiger partial charge >= 0.3 is 5.97 Å². The molecule has 1 aromatic carbocycles. The van der Waals surface area contributed by atoms with E-state index in [-0.39, 0.29) is 19.3 Å². The molecule has 6 heteroatoms. The number of ether oxygens (including phenoxy) is 1. The average Bonchev–Trinajstić information content (AvgIpc) is 2.88. The Labute approximate surface area is 116 Å². The van der Waals surface area contributed by atoms with Crippen LogP contribution in [0.25, 0.3) is 0 Å². The average molecular weight is 275 g/mol. The van der Waals surface area contributed by atoms with E-state index in [9.17, 15) is 14.7 Å². The topological polar surface area (TPSA) is 82.0 Å². The summed E-state index contributed by atoms with van der Waals surface area (Å²) in [5, 5.41) is 16.2. The molecular weight excluding hydrogens is 260 g/mol. The number of carboxylic acid groups (broad SMARTS) is 1. The first kappa shape index (κ1) is 14.0. The third-order valence-corrected chi connectivity index (χ3v) is 2.82. The summed E-state index contributed by atoms with van der Waals surface area (Å²) >= 11 is 0. The highest BCUT2D eigenvalue weighted by Crippen LogP contribution is 2.19. The zero-order valence-corrected chi connectivity index (χ0v) is 10.9. The first-order valence-electron chi connectivity index (χ1n) is 6.46. The third-order valence-electron chi connectivity index (χ3n) is 2.82. The van der Waals surface area contributed by atoms with Crippen LogP contribution in [0.2, 0.25) is 0 Å². The number of esters is 1. The predicted octanol–water partition coefficient (Wildman–Crippen LogP) is 0.674. The van der Waals surface area contributed by atoms with Gasteiger partial charge in [0.05, 0.1) is 12.2 Å². The molecular formula is C14H15N2O4-. The van der Waals surface area contributed by atoms with E-state index in [1.54, 1.807) is 5.01 Å². The lowest BCUT2D eigenvalue weighted by Crippen LogP contribution is -2.22. The van der Waals surface area contributed by atoms with Crippen LogP contribution in [0, 0.1) is 0 Å². The number of anilines is 1. The summed E-state index contributed by atoms with van der Waals surface area (Å²) in [7, 11) is 0. The Hall–Kier alpha value is -2.37. The van der Waals surface area contributed by atoms with Crippen LogP contribution >= 0.6 is 0 Å². The van der Waals surface area contributed by atoms with Crippen molar-refractivity contribution in [1.29, 1.82) is 0 Å². The molecule has 6 nitrogen and oxygen atoms in total. The minimum atomic E-state index is -1.16. The Bertz CT molecular complexity index is 513. The van der Waals surface area contributed by atoms with Gasteiger partial charge in [-0.3, -0.25) is 9.80 Å². The van der Waals surface area contributed by atoms with Crippen LogP contribution in [-0.2, 0) is 14.3 Å². The summed E-state index contributed by atoms with van der Waals surface area (Å²) in [5.74, 6) is -1.25. The van der Waals surface area contributed by atoms with Crippen LogP contribution in [0.1, 0.15) is 25.7 Å². The van der Waals surface area contributed by atoms with E-state index in [0.29, 0.717) is 18.9 Å². The molecule has 1 aliphatic heterocycles. The number of carbonyl (C=O) groups is 2. The maximum absolute atomic E-state index is 11.5. The largest absolute Gasteiger partial charge is 0.550 e. The second-order valence-corrected chi connectivity index (χ2v) is 4.40. The molecule has 1 heterocycles. The molecule has 0 radical (unpaired) electrons. The van der Waals surface area contributed by atoms with Gasteiger partial charge in [0.25, 0.3) is 0 Å². The molecule has 0 saturated heterocycles. The van der Waals surface area contributed by atoms with Gasteiger partial charge in [0.15, 0.2) is 0 Å². The zero-order valence-electron chi connectivity index (χ0n) is 10.9. The Morgan fingerprint density at radius 1 is 1.25 bits per heavy atom. The van der Waals surface area contributed by atoms with Gasteiger partial charge in [-0.25, -0.2) is 0 Å². The number of carbonyl (C=O) groups excluding carboxylic acids is 2. The second kappa shape index (κ2) is 6.70. The van der Waals surface area contributed by atoms with Crippen molar-refractivity contribution in [2.75, 3.05) is 11.6 Å². The fraction of sp³-hybridized carbons (Fsp3) is 0.357. The van der Waals surface area contributed by atoms with Gasteiger partial charge < -0.3 is 14.6 Å². The van der Waals surface area contributed by atoms with Crippen molar-refractivity contribution in [2.24, 2.45) is 5.10 Å². The molecule has 106 valence electrons. The first-order valence-corrected chi connectivity index (χ1v) is 6.46. The molecule has 0 saturated carbocycles.